The van der Waals surface area contributed by atoms with Crippen LogP contribution in [0.3, 0.4) is 0 Å². The maximum absolute atomic E-state index is 13.7. The summed E-state index contributed by atoms with van der Waals surface area (Å²) in [4.78, 5) is 28.6. The van der Waals surface area contributed by atoms with Gasteiger partial charge in [-0.3, -0.25) is 10.1 Å². The zero-order valence-corrected chi connectivity index (χ0v) is 18.6. The normalized spacial score (nSPS) is 11.2. The van der Waals surface area contributed by atoms with Gasteiger partial charge in [-0.2, -0.15) is 0 Å². The number of halogens is 2. The second-order valence-electron chi connectivity index (χ2n) is 7.96. The van der Waals surface area contributed by atoms with E-state index in [4.69, 9.17) is 20.8 Å². The van der Waals surface area contributed by atoms with Crippen LogP contribution in [0.25, 0.3) is 11.3 Å². The number of carbonyl (C=O) groups excluding carboxylic acids is 2. The molecule has 1 heterocycles. The molecule has 9 heteroatoms. The van der Waals surface area contributed by atoms with Crippen molar-refractivity contribution >= 4 is 35.0 Å². The van der Waals surface area contributed by atoms with Crippen LogP contribution in [0.5, 0.6) is 0 Å². The van der Waals surface area contributed by atoms with Gasteiger partial charge in [0.25, 0.3) is 0 Å². The van der Waals surface area contributed by atoms with Crippen LogP contribution in [-0.2, 0) is 16.0 Å². The fraction of sp³-hybridized carbons (Fsp3) is 0.261. The third-order valence-corrected chi connectivity index (χ3v) is 4.48. The highest BCUT2D eigenvalue weighted by molar-refractivity contribution is 6.33. The Kier molecular flexibility index (Phi) is 7.15. The second-order valence-corrected chi connectivity index (χ2v) is 8.37. The molecule has 2 amide bonds. The van der Waals surface area contributed by atoms with Crippen molar-refractivity contribution in [3.05, 3.63) is 65.4 Å². The maximum Gasteiger partial charge on any atom is 0.412 e. The minimum Gasteiger partial charge on any atom is -0.444 e. The average molecular weight is 460 g/mol. The van der Waals surface area contributed by atoms with Gasteiger partial charge in [0.15, 0.2) is 11.7 Å². The first-order valence-electron chi connectivity index (χ1n) is 9.90. The van der Waals surface area contributed by atoms with Crippen LogP contribution in [0, 0.1) is 5.82 Å². The highest BCUT2D eigenvalue weighted by Crippen LogP contribution is 2.28. The number of amides is 2. The molecule has 0 saturated carbocycles. The molecule has 3 rings (SSSR count). The van der Waals surface area contributed by atoms with E-state index in [1.54, 1.807) is 33.0 Å². The number of nitrogens with one attached hydrogen (secondary N) is 2. The van der Waals surface area contributed by atoms with Crippen molar-refractivity contribution < 1.29 is 23.1 Å². The van der Waals surface area contributed by atoms with Gasteiger partial charge in [-0.25, -0.2) is 14.2 Å². The summed E-state index contributed by atoms with van der Waals surface area (Å²) in [7, 11) is 0. The third kappa shape index (κ3) is 6.55. The van der Waals surface area contributed by atoms with E-state index in [1.165, 1.54) is 12.1 Å². The summed E-state index contributed by atoms with van der Waals surface area (Å²) in [5, 5.41) is 5.64. The molecule has 1 aromatic heterocycles. The molecule has 2 N–H and O–H groups in total. The van der Waals surface area contributed by atoms with E-state index in [-0.39, 0.29) is 24.2 Å². The summed E-state index contributed by atoms with van der Waals surface area (Å²) in [6.07, 6.45) is 1.08. The van der Waals surface area contributed by atoms with Crippen LogP contribution in [0.1, 0.15) is 33.1 Å². The zero-order valence-electron chi connectivity index (χ0n) is 17.9. The fourth-order valence-electron chi connectivity index (χ4n) is 2.79. The number of anilines is 2. The second kappa shape index (κ2) is 9.82. The lowest BCUT2D eigenvalue weighted by molar-refractivity contribution is -0.116. The topological polar surface area (TPSA) is 93.5 Å². The van der Waals surface area contributed by atoms with Gasteiger partial charge >= 0.3 is 6.09 Å². The molecule has 7 nitrogen and oxygen atoms in total. The van der Waals surface area contributed by atoms with Crippen LogP contribution in [0.2, 0.25) is 5.02 Å². The summed E-state index contributed by atoms with van der Waals surface area (Å²) >= 11 is 6.16. The van der Waals surface area contributed by atoms with Crippen molar-refractivity contribution in [3.8, 4) is 11.3 Å². The Morgan fingerprint density at radius 2 is 1.88 bits per heavy atom. The highest BCUT2D eigenvalue weighted by Gasteiger charge is 2.18. The largest absolute Gasteiger partial charge is 0.444 e. The number of ether oxygens (including phenoxy) is 1. The molecular weight excluding hydrogens is 437 g/mol. The summed E-state index contributed by atoms with van der Waals surface area (Å²) in [5.74, 6) is -0.103. The minimum atomic E-state index is -0.716. The maximum atomic E-state index is 13.7. The number of nitrogens with zero attached hydrogens (tertiary/aromatic N) is 1. The number of aromatic nitrogens is 1. The van der Waals surface area contributed by atoms with E-state index >= 15 is 0 Å². The first-order chi connectivity index (χ1) is 15.1. The highest BCUT2D eigenvalue weighted by atomic mass is 35.5. The zero-order chi connectivity index (χ0) is 23.3. The van der Waals surface area contributed by atoms with E-state index in [0.29, 0.717) is 22.2 Å². The van der Waals surface area contributed by atoms with Gasteiger partial charge in [0, 0.05) is 18.4 Å². The van der Waals surface area contributed by atoms with Gasteiger partial charge < -0.3 is 14.5 Å². The molecule has 0 fully saturated rings. The molecule has 0 aliphatic rings. The lowest BCUT2D eigenvalue weighted by atomic mass is 10.2. The first kappa shape index (κ1) is 23.3. The summed E-state index contributed by atoms with van der Waals surface area (Å²) in [6.45, 7) is 5.17. The number of rotatable bonds is 6. The standard InChI is InChI=1S/C23H23ClFN3O4/c1-23(2,3)32-22(30)28-17-9-8-14(25)12-18(17)27-20(29)10-11-21-26-13-19(31-21)15-6-4-5-7-16(15)24/h4-9,12-13H,10-11H2,1-3H3,(H,27,29)(H,28,30). The van der Waals surface area contributed by atoms with Crippen LogP contribution in [-0.4, -0.2) is 22.6 Å². The lowest BCUT2D eigenvalue weighted by Crippen LogP contribution is -2.27. The lowest BCUT2D eigenvalue weighted by Gasteiger charge is -2.20. The Morgan fingerprint density at radius 3 is 2.59 bits per heavy atom. The van der Waals surface area contributed by atoms with Gasteiger partial charge in [-0.15, -0.1) is 0 Å². The predicted molar refractivity (Wildman–Crippen MR) is 120 cm³/mol. The number of hydrogen-bond acceptors (Lipinski definition) is 5. The molecule has 0 aliphatic heterocycles. The quantitative estimate of drug-likeness (QED) is 0.467. The summed E-state index contributed by atoms with van der Waals surface area (Å²) < 4.78 is 24.6. The van der Waals surface area contributed by atoms with Crippen LogP contribution in [0.4, 0.5) is 20.6 Å². The Balaban J connectivity index is 1.62. The molecular formula is C23H23ClFN3O4. The number of carbonyl (C=O) groups is 2. The third-order valence-electron chi connectivity index (χ3n) is 4.15. The van der Waals surface area contributed by atoms with Crippen molar-refractivity contribution in [2.75, 3.05) is 10.6 Å². The SMILES string of the molecule is CC(C)(C)OC(=O)Nc1ccc(F)cc1NC(=O)CCc1ncc(-c2ccccc2Cl)o1. The first-order valence-corrected chi connectivity index (χ1v) is 10.3. The summed E-state index contributed by atoms with van der Waals surface area (Å²) in [5.41, 5.74) is 0.331. The molecule has 168 valence electrons. The van der Waals surface area contributed by atoms with E-state index in [9.17, 15) is 14.0 Å². The van der Waals surface area contributed by atoms with Gasteiger partial charge in [-0.05, 0) is 51.1 Å². The van der Waals surface area contributed by atoms with Crippen LogP contribution in [0.15, 0.2) is 53.1 Å². The van der Waals surface area contributed by atoms with Crippen LogP contribution < -0.4 is 10.6 Å². The van der Waals surface area contributed by atoms with E-state index in [1.807, 2.05) is 18.2 Å². The van der Waals surface area contributed by atoms with Crippen molar-refractivity contribution in [2.24, 2.45) is 0 Å². The molecule has 0 saturated heterocycles. The molecule has 0 aliphatic carbocycles. The molecule has 32 heavy (non-hydrogen) atoms. The monoisotopic (exact) mass is 459 g/mol. The predicted octanol–water partition coefficient (Wildman–Crippen LogP) is 6.05. The molecule has 0 spiro atoms. The van der Waals surface area contributed by atoms with Gasteiger partial charge in [0.1, 0.15) is 11.4 Å². The number of aryl methyl sites for hydroxylation is 1. The molecule has 3 aromatic rings. The molecule has 0 atom stereocenters. The van der Waals surface area contributed by atoms with E-state index < -0.39 is 23.4 Å². The van der Waals surface area contributed by atoms with E-state index in [2.05, 4.69) is 15.6 Å². The minimum absolute atomic E-state index is 0.0326. The number of hydrogen-bond donors (Lipinski definition) is 2. The van der Waals surface area contributed by atoms with Gasteiger partial charge in [0.05, 0.1) is 22.6 Å². The summed E-state index contributed by atoms with van der Waals surface area (Å²) in [6, 6.07) is 10.8. The fourth-order valence-corrected chi connectivity index (χ4v) is 3.02. The molecule has 0 radical (unpaired) electrons. The van der Waals surface area contributed by atoms with Gasteiger partial charge in [-0.1, -0.05) is 23.7 Å². The average Bonchev–Trinajstić information content (AvgIpc) is 3.16. The van der Waals surface area contributed by atoms with Crippen molar-refractivity contribution in [3.63, 3.8) is 0 Å². The van der Waals surface area contributed by atoms with Gasteiger partial charge in [0.2, 0.25) is 5.91 Å². The number of oxazole rings is 1. The smallest absolute Gasteiger partial charge is 0.412 e. The van der Waals surface area contributed by atoms with Crippen LogP contribution >= 0.6 is 11.6 Å². The molecule has 0 bridgehead atoms. The van der Waals surface area contributed by atoms with Crippen molar-refractivity contribution in [1.82, 2.24) is 4.98 Å². The van der Waals surface area contributed by atoms with Crippen molar-refractivity contribution in [2.45, 2.75) is 39.2 Å². The van der Waals surface area contributed by atoms with Crippen molar-refractivity contribution in [1.29, 1.82) is 0 Å². The molecule has 2 aromatic carbocycles. The Labute approximate surface area is 189 Å². The molecule has 0 unspecified atom stereocenters. The number of benzene rings is 2. The van der Waals surface area contributed by atoms with E-state index in [0.717, 1.165) is 6.07 Å². The Morgan fingerprint density at radius 1 is 1.12 bits per heavy atom. The Hall–Kier alpha value is -3.39. The Bertz CT molecular complexity index is 1120.